The van der Waals surface area contributed by atoms with Crippen LogP contribution in [0.25, 0.3) is 11.4 Å². The van der Waals surface area contributed by atoms with Crippen LogP contribution in [0.3, 0.4) is 0 Å². The van der Waals surface area contributed by atoms with Gasteiger partial charge in [-0.1, -0.05) is 30.1 Å². The topological polar surface area (TPSA) is 64.2 Å². The molecule has 0 radical (unpaired) electrons. The lowest BCUT2D eigenvalue weighted by Crippen LogP contribution is -2.35. The molecule has 1 atom stereocenters. The smallest absolute Gasteiger partial charge is 0.254 e. The third-order valence-electron chi connectivity index (χ3n) is 5.09. The number of rotatable bonds is 3. The molecular formula is C20H22N4O2. The Hall–Kier alpha value is -2.89. The van der Waals surface area contributed by atoms with Crippen LogP contribution < -0.4 is 0 Å². The van der Waals surface area contributed by atoms with E-state index in [4.69, 9.17) is 4.52 Å². The third-order valence-corrected chi connectivity index (χ3v) is 5.09. The molecule has 3 aromatic rings. The molecule has 134 valence electrons. The fraction of sp³-hybridized carbons (Fsp3) is 0.350. The first-order valence-electron chi connectivity index (χ1n) is 9.03. The molecule has 0 spiro atoms. The van der Waals surface area contributed by atoms with E-state index >= 15 is 0 Å². The SMILES string of the molecule is Cn1cccc1C1CCCCCN1C(=O)c1ccc(-c2ncon2)cc1. The van der Waals surface area contributed by atoms with Crippen molar-refractivity contribution < 1.29 is 9.32 Å². The Labute approximate surface area is 152 Å². The molecular weight excluding hydrogens is 328 g/mol. The molecule has 1 unspecified atom stereocenters. The van der Waals surface area contributed by atoms with E-state index in [1.54, 1.807) is 0 Å². The van der Waals surface area contributed by atoms with Crippen LogP contribution in [0.15, 0.2) is 53.5 Å². The molecule has 3 heterocycles. The predicted molar refractivity (Wildman–Crippen MR) is 97.4 cm³/mol. The standard InChI is InChI=1S/C20H22N4O2/c1-23-12-5-7-17(23)18-6-3-2-4-13-24(18)20(25)16-10-8-15(9-11-16)19-21-14-26-22-19/h5,7-12,14,18H,2-4,6,13H2,1H3. The Morgan fingerprint density at radius 2 is 2.00 bits per heavy atom. The summed E-state index contributed by atoms with van der Waals surface area (Å²) in [5.74, 6) is 0.609. The summed E-state index contributed by atoms with van der Waals surface area (Å²) < 4.78 is 6.90. The largest absolute Gasteiger partial charge is 0.353 e. The summed E-state index contributed by atoms with van der Waals surface area (Å²) >= 11 is 0. The van der Waals surface area contributed by atoms with E-state index < -0.39 is 0 Å². The lowest BCUT2D eigenvalue weighted by Gasteiger charge is -2.30. The van der Waals surface area contributed by atoms with E-state index in [0.29, 0.717) is 11.4 Å². The molecule has 0 saturated carbocycles. The van der Waals surface area contributed by atoms with E-state index in [2.05, 4.69) is 20.8 Å². The molecule has 2 aromatic heterocycles. The average molecular weight is 350 g/mol. The molecule has 0 aliphatic carbocycles. The second-order valence-electron chi connectivity index (χ2n) is 6.74. The molecule has 6 heteroatoms. The van der Waals surface area contributed by atoms with Gasteiger partial charge in [0.1, 0.15) is 0 Å². The van der Waals surface area contributed by atoms with Crippen LogP contribution in [0.2, 0.25) is 0 Å². The van der Waals surface area contributed by atoms with Crippen molar-refractivity contribution in [3.8, 4) is 11.4 Å². The maximum atomic E-state index is 13.2. The van der Waals surface area contributed by atoms with Crippen molar-refractivity contribution >= 4 is 5.91 Å². The number of carbonyl (C=O) groups is 1. The van der Waals surface area contributed by atoms with Gasteiger partial charge in [0.2, 0.25) is 12.2 Å². The number of aryl methyl sites for hydroxylation is 1. The van der Waals surface area contributed by atoms with E-state index in [1.807, 2.05) is 48.5 Å². The van der Waals surface area contributed by atoms with Gasteiger partial charge in [0.15, 0.2) is 0 Å². The van der Waals surface area contributed by atoms with Gasteiger partial charge in [-0.25, -0.2) is 0 Å². The number of hydrogen-bond acceptors (Lipinski definition) is 4. The first kappa shape index (κ1) is 16.6. The van der Waals surface area contributed by atoms with Crippen LogP contribution in [-0.2, 0) is 7.05 Å². The highest BCUT2D eigenvalue weighted by Gasteiger charge is 2.28. The van der Waals surface area contributed by atoms with Crippen LogP contribution in [0, 0.1) is 0 Å². The summed E-state index contributed by atoms with van der Waals surface area (Å²) in [6.45, 7) is 0.793. The minimum Gasteiger partial charge on any atom is -0.353 e. The quantitative estimate of drug-likeness (QED) is 0.720. The Balaban J connectivity index is 1.61. The van der Waals surface area contributed by atoms with Crippen molar-refractivity contribution in [1.29, 1.82) is 0 Å². The minimum atomic E-state index is 0.0813. The summed E-state index contributed by atoms with van der Waals surface area (Å²) in [6.07, 6.45) is 7.72. The number of nitrogens with zero attached hydrogens (tertiary/aromatic N) is 4. The lowest BCUT2D eigenvalue weighted by molar-refractivity contribution is 0.0674. The van der Waals surface area contributed by atoms with Gasteiger partial charge < -0.3 is 14.0 Å². The Kier molecular flexibility index (Phi) is 4.56. The highest BCUT2D eigenvalue weighted by molar-refractivity contribution is 5.95. The van der Waals surface area contributed by atoms with E-state index in [0.717, 1.165) is 31.4 Å². The van der Waals surface area contributed by atoms with Gasteiger partial charge >= 0.3 is 0 Å². The first-order valence-corrected chi connectivity index (χ1v) is 9.03. The number of likely N-dealkylation sites (tertiary alicyclic amines) is 1. The molecule has 0 N–H and O–H groups in total. The predicted octanol–water partition coefficient (Wildman–Crippen LogP) is 3.83. The zero-order valence-electron chi connectivity index (χ0n) is 14.8. The van der Waals surface area contributed by atoms with Crippen molar-refractivity contribution in [1.82, 2.24) is 19.6 Å². The van der Waals surface area contributed by atoms with Crippen molar-refractivity contribution in [2.75, 3.05) is 6.54 Å². The van der Waals surface area contributed by atoms with Crippen LogP contribution in [-0.4, -0.2) is 32.1 Å². The summed E-state index contributed by atoms with van der Waals surface area (Å²) in [6, 6.07) is 11.7. The molecule has 1 aliphatic heterocycles. The van der Waals surface area contributed by atoms with E-state index in [9.17, 15) is 4.79 Å². The third kappa shape index (κ3) is 3.14. The Morgan fingerprint density at radius 3 is 2.69 bits per heavy atom. The van der Waals surface area contributed by atoms with Gasteiger partial charge in [0.25, 0.3) is 5.91 Å². The number of benzene rings is 1. The molecule has 1 fully saturated rings. The van der Waals surface area contributed by atoms with Crippen molar-refractivity contribution in [2.45, 2.75) is 31.7 Å². The van der Waals surface area contributed by atoms with E-state index in [1.165, 1.54) is 18.5 Å². The van der Waals surface area contributed by atoms with Gasteiger partial charge in [-0.3, -0.25) is 4.79 Å². The Bertz CT molecular complexity index is 868. The van der Waals surface area contributed by atoms with E-state index in [-0.39, 0.29) is 11.9 Å². The van der Waals surface area contributed by atoms with Crippen molar-refractivity contribution in [3.05, 3.63) is 60.2 Å². The number of carbonyl (C=O) groups excluding carboxylic acids is 1. The van der Waals surface area contributed by atoms with Crippen molar-refractivity contribution in [2.24, 2.45) is 7.05 Å². The fourth-order valence-corrected chi connectivity index (χ4v) is 3.70. The zero-order valence-corrected chi connectivity index (χ0v) is 14.8. The van der Waals surface area contributed by atoms with Crippen LogP contribution in [0.1, 0.15) is 47.8 Å². The molecule has 4 rings (SSSR count). The molecule has 1 saturated heterocycles. The second kappa shape index (κ2) is 7.15. The number of hydrogen-bond donors (Lipinski definition) is 0. The van der Waals surface area contributed by atoms with Crippen LogP contribution >= 0.6 is 0 Å². The van der Waals surface area contributed by atoms with Gasteiger partial charge in [0, 0.05) is 36.6 Å². The van der Waals surface area contributed by atoms with Crippen LogP contribution in [0.5, 0.6) is 0 Å². The average Bonchev–Trinajstić information content (AvgIpc) is 3.29. The Morgan fingerprint density at radius 1 is 1.15 bits per heavy atom. The maximum absolute atomic E-state index is 13.2. The second-order valence-corrected chi connectivity index (χ2v) is 6.74. The fourth-order valence-electron chi connectivity index (χ4n) is 3.70. The lowest BCUT2D eigenvalue weighted by atomic mass is 10.0. The van der Waals surface area contributed by atoms with Gasteiger partial charge in [0.05, 0.1) is 6.04 Å². The molecule has 0 bridgehead atoms. The number of aromatic nitrogens is 3. The zero-order chi connectivity index (χ0) is 17.9. The number of amides is 1. The van der Waals surface area contributed by atoms with Gasteiger partial charge in [-0.2, -0.15) is 4.98 Å². The van der Waals surface area contributed by atoms with Crippen LogP contribution in [0.4, 0.5) is 0 Å². The highest BCUT2D eigenvalue weighted by atomic mass is 16.5. The molecule has 1 aliphatic rings. The summed E-state index contributed by atoms with van der Waals surface area (Å²) in [5, 5.41) is 3.83. The summed E-state index contributed by atoms with van der Waals surface area (Å²) in [4.78, 5) is 19.3. The summed E-state index contributed by atoms with van der Waals surface area (Å²) in [7, 11) is 2.04. The monoisotopic (exact) mass is 350 g/mol. The minimum absolute atomic E-state index is 0.0813. The molecule has 1 aromatic carbocycles. The van der Waals surface area contributed by atoms with Gasteiger partial charge in [-0.15, -0.1) is 0 Å². The van der Waals surface area contributed by atoms with Crippen molar-refractivity contribution in [3.63, 3.8) is 0 Å². The maximum Gasteiger partial charge on any atom is 0.254 e. The van der Waals surface area contributed by atoms with Gasteiger partial charge in [-0.05, 0) is 37.1 Å². The molecule has 26 heavy (non-hydrogen) atoms. The first-order chi connectivity index (χ1) is 12.7. The molecule has 6 nitrogen and oxygen atoms in total. The molecule has 1 amide bonds. The summed E-state index contributed by atoms with van der Waals surface area (Å²) in [5.41, 5.74) is 2.73. The highest BCUT2D eigenvalue weighted by Crippen LogP contribution is 2.31. The normalized spacial score (nSPS) is 17.9.